The van der Waals surface area contributed by atoms with E-state index in [4.69, 9.17) is 0 Å². The van der Waals surface area contributed by atoms with Gasteiger partial charge in [-0.25, -0.2) is 0 Å². The third-order valence-electron chi connectivity index (χ3n) is 0. The summed E-state index contributed by atoms with van der Waals surface area (Å²) in [7, 11) is 0. The maximum Gasteiger partial charge on any atom is 4.00 e. The maximum absolute atomic E-state index is 0. The van der Waals surface area contributed by atoms with Crippen LogP contribution < -0.4 is 34.3 Å². The second-order valence-corrected chi connectivity index (χ2v) is 0. The molecule has 0 fully saturated rings. The van der Waals surface area contributed by atoms with Gasteiger partial charge >= 0.3 is 51.3 Å². The van der Waals surface area contributed by atoms with Gasteiger partial charge in [0, 0.05) is 0 Å². The summed E-state index contributed by atoms with van der Waals surface area (Å²) >= 11 is 0. The summed E-state index contributed by atoms with van der Waals surface area (Å²) in [4.78, 5) is 0. The van der Waals surface area contributed by atoms with Crippen molar-refractivity contribution >= 4 is 0 Å². The third-order valence-corrected chi connectivity index (χ3v) is 0. The van der Waals surface area contributed by atoms with Crippen molar-refractivity contribution in [3.63, 3.8) is 0 Å². The van der Waals surface area contributed by atoms with Gasteiger partial charge in [-0.15, -0.1) is 0 Å². The molecule has 0 aliphatic carbocycles. The Morgan fingerprint density at radius 1 is 1.00 bits per heavy atom. The summed E-state index contributed by atoms with van der Waals surface area (Å²) in [6.45, 7) is 0. The molecule has 0 saturated carbocycles. The van der Waals surface area contributed by atoms with Crippen molar-refractivity contribution in [1.29, 1.82) is 0 Å². The van der Waals surface area contributed by atoms with Gasteiger partial charge in [-0.2, -0.15) is 0 Å². The zero-order valence-electron chi connectivity index (χ0n) is 2.29. The summed E-state index contributed by atoms with van der Waals surface area (Å²) in [5.41, 5.74) is 0. The van der Waals surface area contributed by atoms with E-state index < -0.39 is 0 Å². The van der Waals surface area contributed by atoms with Gasteiger partial charge in [-0.05, 0) is 0 Å². The molecule has 0 aromatic carbocycles. The van der Waals surface area contributed by atoms with Crippen LogP contribution in [0.5, 0.6) is 0 Å². The molecule has 0 rings (SSSR count). The molecule has 0 saturated heterocycles. The van der Waals surface area contributed by atoms with E-state index in [1.54, 1.807) is 0 Å². The Kier molecular flexibility index (Phi) is 268. The Morgan fingerprint density at radius 3 is 1.00 bits per heavy atom. The van der Waals surface area contributed by atoms with E-state index in [0.717, 1.165) is 0 Å². The standard InChI is InChI=1S/FH.Na.O.Ti/h1H;;;/q;+1;-2;+4/p-1. The van der Waals surface area contributed by atoms with Crippen LogP contribution in [-0.4, -0.2) is 0 Å². The van der Waals surface area contributed by atoms with E-state index >= 15 is 0 Å². The first-order valence-corrected chi connectivity index (χ1v) is 0. The van der Waals surface area contributed by atoms with Crippen molar-refractivity contribution < 1.29 is 61.5 Å². The number of halogens is 1. The van der Waals surface area contributed by atoms with Crippen molar-refractivity contribution in [2.24, 2.45) is 0 Å². The summed E-state index contributed by atoms with van der Waals surface area (Å²) in [5, 5.41) is 0. The summed E-state index contributed by atoms with van der Waals surface area (Å²) in [6.07, 6.45) is 0. The van der Waals surface area contributed by atoms with Gasteiger partial charge < -0.3 is 10.2 Å². The molecule has 0 atom stereocenters. The molecule has 0 bridgehead atoms. The van der Waals surface area contributed by atoms with Gasteiger partial charge in [0.15, 0.2) is 0 Å². The molecule has 0 spiro atoms. The van der Waals surface area contributed by atoms with Gasteiger partial charge in [-0.1, -0.05) is 0 Å². The summed E-state index contributed by atoms with van der Waals surface area (Å²) in [6, 6.07) is 0. The monoisotopic (exact) mass is 106 g/mol. The fraction of sp³-hybridized carbons (Fsp3) is 0. The predicted molar refractivity (Wildman–Crippen MR) is 0.686 cm³/mol. The number of rotatable bonds is 0. The van der Waals surface area contributed by atoms with Crippen molar-refractivity contribution in [2.45, 2.75) is 0 Å². The first-order chi connectivity index (χ1) is 0. The number of hydrogen-bond donors (Lipinski definition) is 0. The fourth-order valence-corrected chi connectivity index (χ4v) is 0. The van der Waals surface area contributed by atoms with Crippen molar-refractivity contribution in [3.05, 3.63) is 0 Å². The second kappa shape index (κ2) is 23.2. The van der Waals surface area contributed by atoms with Crippen LogP contribution in [0.25, 0.3) is 0 Å². The van der Waals surface area contributed by atoms with E-state index in [-0.39, 0.29) is 61.5 Å². The van der Waals surface area contributed by atoms with Gasteiger partial charge in [0.1, 0.15) is 0 Å². The molecular weight excluding hydrogens is 106 g/mol. The average Bonchev–Trinajstić information content (AvgIpc) is 0. The molecule has 0 N–H and O–H groups in total. The third kappa shape index (κ3) is 9.50. The van der Waals surface area contributed by atoms with Gasteiger partial charge in [0.25, 0.3) is 0 Å². The number of hydrogen-bond acceptors (Lipinski definition) is 0. The van der Waals surface area contributed by atoms with Crippen molar-refractivity contribution in [1.82, 2.24) is 0 Å². The second-order valence-electron chi connectivity index (χ2n) is 0. The minimum absolute atomic E-state index is 0. The SMILES string of the molecule is [F-].[Na+].[O-2].[Ti+4]. The normalized spacial score (nSPS) is 0. The average molecular weight is 106 g/mol. The largest absolute Gasteiger partial charge is 4.00 e. The zero-order valence-corrected chi connectivity index (χ0v) is 5.85. The first-order valence-electron chi connectivity index (χ1n) is 0. The van der Waals surface area contributed by atoms with Crippen LogP contribution in [-0.2, 0) is 27.2 Å². The molecule has 16 valence electrons. The quantitative estimate of drug-likeness (QED) is 0.275. The molecule has 4 heavy (non-hydrogen) atoms. The Bertz CT molecular complexity index is 8.00. The molecule has 1 nitrogen and oxygen atoms in total. The van der Waals surface area contributed by atoms with Gasteiger partial charge in [-0.3, -0.25) is 0 Å². The molecule has 0 unspecified atom stereocenters. The minimum atomic E-state index is 0. The Hall–Kier alpha value is 1.60. The van der Waals surface area contributed by atoms with Crippen LogP contribution in [0.2, 0.25) is 0 Å². The van der Waals surface area contributed by atoms with Crippen LogP contribution in [0.4, 0.5) is 0 Å². The molecule has 4 heteroatoms. The molecule has 0 aromatic rings. The van der Waals surface area contributed by atoms with E-state index in [9.17, 15) is 0 Å². The van der Waals surface area contributed by atoms with E-state index in [1.807, 2.05) is 0 Å². The van der Waals surface area contributed by atoms with E-state index in [2.05, 4.69) is 0 Å². The first kappa shape index (κ1) is 46.2. The topological polar surface area (TPSA) is 28.5 Å². The molecule has 0 aliphatic heterocycles. The molecule has 0 aliphatic rings. The predicted octanol–water partition coefficient (Wildman–Crippen LogP) is -6.11. The molecule has 0 heterocycles. The van der Waals surface area contributed by atoms with Crippen LogP contribution in [0.1, 0.15) is 0 Å². The Morgan fingerprint density at radius 2 is 1.00 bits per heavy atom. The minimum Gasteiger partial charge on any atom is -2.00 e. The van der Waals surface area contributed by atoms with Crippen LogP contribution in [0, 0.1) is 0 Å². The summed E-state index contributed by atoms with van der Waals surface area (Å²) < 4.78 is 0. The molecular formula is FNaOTi+2. The van der Waals surface area contributed by atoms with Crippen LogP contribution in [0.15, 0.2) is 0 Å². The maximum atomic E-state index is 0. The zero-order chi connectivity index (χ0) is 0. The Balaban J connectivity index is 0. The van der Waals surface area contributed by atoms with Gasteiger partial charge in [0.2, 0.25) is 0 Å². The van der Waals surface area contributed by atoms with Crippen molar-refractivity contribution in [2.75, 3.05) is 0 Å². The van der Waals surface area contributed by atoms with Crippen molar-refractivity contribution in [3.8, 4) is 0 Å². The summed E-state index contributed by atoms with van der Waals surface area (Å²) in [5.74, 6) is 0. The van der Waals surface area contributed by atoms with E-state index in [0.29, 0.717) is 0 Å². The molecule has 0 aromatic heterocycles. The Labute approximate surface area is 61.0 Å². The van der Waals surface area contributed by atoms with Crippen LogP contribution >= 0.6 is 0 Å². The smallest absolute Gasteiger partial charge is 2.00 e. The van der Waals surface area contributed by atoms with E-state index in [1.165, 1.54) is 0 Å². The van der Waals surface area contributed by atoms with Crippen LogP contribution in [0.3, 0.4) is 0 Å². The molecule has 0 amide bonds. The molecule has 0 radical (unpaired) electrons. The fourth-order valence-electron chi connectivity index (χ4n) is 0. The van der Waals surface area contributed by atoms with Gasteiger partial charge in [0.05, 0.1) is 0 Å².